The second kappa shape index (κ2) is 4.69. The van der Waals surface area contributed by atoms with Gasteiger partial charge in [-0.3, -0.25) is 4.79 Å². The van der Waals surface area contributed by atoms with Crippen LogP contribution in [0.5, 0.6) is 5.75 Å². The first-order valence-electron chi connectivity index (χ1n) is 5.13. The Morgan fingerprint density at radius 3 is 2.71 bits per heavy atom. The Balaban J connectivity index is 1.95. The van der Waals surface area contributed by atoms with E-state index in [1.807, 2.05) is 0 Å². The number of amides is 1. The van der Waals surface area contributed by atoms with Gasteiger partial charge in [-0.25, -0.2) is 4.98 Å². The molecule has 0 spiro atoms. The fourth-order valence-electron chi connectivity index (χ4n) is 1.35. The molecule has 0 unspecified atom stereocenters. The molecule has 0 aliphatic rings. The summed E-state index contributed by atoms with van der Waals surface area (Å²) in [5.41, 5.74) is 0.478. The number of aromatic hydroxyl groups is 1. The third kappa shape index (κ3) is 2.84. The van der Waals surface area contributed by atoms with Crippen molar-refractivity contribution in [3.05, 3.63) is 47.7 Å². The number of rotatable bonds is 3. The number of benzene rings is 1. The Labute approximate surface area is 98.1 Å². The van der Waals surface area contributed by atoms with Crippen LogP contribution in [-0.2, 0) is 6.54 Å². The summed E-state index contributed by atoms with van der Waals surface area (Å²) in [6.07, 6.45) is 1.60. The van der Waals surface area contributed by atoms with E-state index in [-0.39, 0.29) is 18.2 Å². The average molecular weight is 232 g/mol. The lowest BCUT2D eigenvalue weighted by Crippen LogP contribution is -2.22. The maximum atomic E-state index is 11.7. The van der Waals surface area contributed by atoms with Crippen LogP contribution in [0, 0.1) is 6.92 Å². The largest absolute Gasteiger partial charge is 0.508 e. The number of carbonyl (C=O) groups excluding carboxylic acids is 1. The predicted molar refractivity (Wildman–Crippen MR) is 60.5 cm³/mol. The van der Waals surface area contributed by atoms with Gasteiger partial charge in [0.05, 0.1) is 12.7 Å². The van der Waals surface area contributed by atoms with Crippen LogP contribution in [0.1, 0.15) is 22.0 Å². The minimum absolute atomic E-state index is 0.130. The zero-order chi connectivity index (χ0) is 12.3. The van der Waals surface area contributed by atoms with E-state index in [0.717, 1.165) is 0 Å². The molecule has 5 heteroatoms. The topological polar surface area (TPSA) is 75.4 Å². The van der Waals surface area contributed by atoms with Crippen molar-refractivity contribution in [1.29, 1.82) is 0 Å². The first-order chi connectivity index (χ1) is 8.15. The van der Waals surface area contributed by atoms with Crippen LogP contribution >= 0.6 is 0 Å². The lowest BCUT2D eigenvalue weighted by atomic mass is 10.2. The average Bonchev–Trinajstić information content (AvgIpc) is 2.73. The van der Waals surface area contributed by atoms with Crippen LogP contribution in [0.4, 0.5) is 0 Å². The molecule has 0 saturated carbocycles. The highest BCUT2D eigenvalue weighted by atomic mass is 16.4. The minimum atomic E-state index is -0.235. The van der Waals surface area contributed by atoms with Gasteiger partial charge in [-0.2, -0.15) is 0 Å². The Hall–Kier alpha value is -2.30. The summed E-state index contributed by atoms with van der Waals surface area (Å²) in [6.45, 7) is 2.03. The molecule has 88 valence electrons. The second-order valence-electron chi connectivity index (χ2n) is 3.59. The molecule has 5 nitrogen and oxygen atoms in total. The fraction of sp³-hybridized carbons (Fsp3) is 0.167. The molecule has 17 heavy (non-hydrogen) atoms. The van der Waals surface area contributed by atoms with E-state index < -0.39 is 0 Å². The molecule has 0 aliphatic heterocycles. The van der Waals surface area contributed by atoms with Gasteiger partial charge in [0.15, 0.2) is 0 Å². The van der Waals surface area contributed by atoms with Crippen molar-refractivity contribution in [3.8, 4) is 5.75 Å². The number of phenolic OH excluding ortho intramolecular Hbond substituents is 1. The molecule has 0 bridgehead atoms. The number of hydrogen-bond acceptors (Lipinski definition) is 4. The molecular weight excluding hydrogens is 220 g/mol. The second-order valence-corrected chi connectivity index (χ2v) is 3.59. The zero-order valence-electron chi connectivity index (χ0n) is 9.30. The van der Waals surface area contributed by atoms with Gasteiger partial charge in [-0.1, -0.05) is 0 Å². The molecule has 2 rings (SSSR count). The van der Waals surface area contributed by atoms with Crippen molar-refractivity contribution < 1.29 is 14.3 Å². The lowest BCUT2D eigenvalue weighted by Gasteiger charge is -2.02. The first kappa shape index (κ1) is 11.2. The molecule has 2 aromatic rings. The number of carbonyl (C=O) groups is 1. The van der Waals surface area contributed by atoms with Crippen molar-refractivity contribution in [2.75, 3.05) is 0 Å². The molecule has 0 saturated heterocycles. The van der Waals surface area contributed by atoms with Crippen LogP contribution in [0.15, 0.2) is 34.9 Å². The van der Waals surface area contributed by atoms with Gasteiger partial charge in [0.1, 0.15) is 11.5 Å². The third-order valence-electron chi connectivity index (χ3n) is 2.20. The van der Waals surface area contributed by atoms with Gasteiger partial charge in [0.2, 0.25) is 5.89 Å². The highest BCUT2D eigenvalue weighted by Gasteiger charge is 2.07. The monoisotopic (exact) mass is 232 g/mol. The van der Waals surface area contributed by atoms with Crippen LogP contribution in [0.25, 0.3) is 0 Å². The van der Waals surface area contributed by atoms with E-state index in [2.05, 4.69) is 10.3 Å². The zero-order valence-corrected chi connectivity index (χ0v) is 9.30. The fourth-order valence-corrected chi connectivity index (χ4v) is 1.35. The predicted octanol–water partition coefficient (Wildman–Crippen LogP) is 1.62. The van der Waals surface area contributed by atoms with Crippen LogP contribution in [0.2, 0.25) is 0 Å². The maximum absolute atomic E-state index is 11.7. The molecule has 1 aromatic carbocycles. The Morgan fingerprint density at radius 2 is 2.12 bits per heavy atom. The number of aryl methyl sites for hydroxylation is 1. The number of hydrogen-bond donors (Lipinski definition) is 2. The highest BCUT2D eigenvalue weighted by molar-refractivity contribution is 5.94. The third-order valence-corrected chi connectivity index (χ3v) is 2.20. The molecule has 1 amide bonds. The molecule has 0 radical (unpaired) electrons. The van der Waals surface area contributed by atoms with Crippen molar-refractivity contribution in [2.45, 2.75) is 13.5 Å². The van der Waals surface area contributed by atoms with Gasteiger partial charge in [-0.15, -0.1) is 0 Å². The van der Waals surface area contributed by atoms with Crippen LogP contribution in [0.3, 0.4) is 0 Å². The number of nitrogens with zero attached hydrogens (tertiary/aromatic N) is 1. The van der Waals surface area contributed by atoms with Gasteiger partial charge in [0, 0.05) is 5.56 Å². The van der Waals surface area contributed by atoms with E-state index in [1.165, 1.54) is 12.1 Å². The summed E-state index contributed by atoms with van der Waals surface area (Å²) in [5, 5.41) is 11.8. The van der Waals surface area contributed by atoms with E-state index in [0.29, 0.717) is 17.2 Å². The highest BCUT2D eigenvalue weighted by Crippen LogP contribution is 2.09. The molecule has 2 N–H and O–H groups in total. The van der Waals surface area contributed by atoms with E-state index in [4.69, 9.17) is 9.52 Å². The lowest BCUT2D eigenvalue weighted by molar-refractivity contribution is 0.0947. The van der Waals surface area contributed by atoms with Gasteiger partial charge < -0.3 is 14.8 Å². The van der Waals surface area contributed by atoms with Crippen LogP contribution in [-0.4, -0.2) is 16.0 Å². The van der Waals surface area contributed by atoms with Crippen molar-refractivity contribution in [2.24, 2.45) is 0 Å². The number of aromatic nitrogens is 1. The van der Waals surface area contributed by atoms with Gasteiger partial charge in [0.25, 0.3) is 5.91 Å². The van der Waals surface area contributed by atoms with Crippen molar-refractivity contribution >= 4 is 5.91 Å². The number of phenols is 1. The minimum Gasteiger partial charge on any atom is -0.508 e. The first-order valence-corrected chi connectivity index (χ1v) is 5.13. The number of oxazole rings is 1. The van der Waals surface area contributed by atoms with Crippen molar-refractivity contribution in [3.63, 3.8) is 0 Å². The van der Waals surface area contributed by atoms with E-state index in [9.17, 15) is 4.79 Å². The van der Waals surface area contributed by atoms with E-state index >= 15 is 0 Å². The quantitative estimate of drug-likeness (QED) is 0.843. The van der Waals surface area contributed by atoms with E-state index in [1.54, 1.807) is 25.3 Å². The summed E-state index contributed by atoms with van der Waals surface area (Å²) < 4.78 is 5.22. The molecule has 0 atom stereocenters. The Kier molecular flexibility index (Phi) is 3.09. The van der Waals surface area contributed by atoms with Crippen molar-refractivity contribution in [1.82, 2.24) is 10.3 Å². The Morgan fingerprint density at radius 1 is 1.41 bits per heavy atom. The summed E-state index contributed by atoms with van der Waals surface area (Å²) in [6, 6.07) is 6.02. The maximum Gasteiger partial charge on any atom is 0.251 e. The molecular formula is C12H12N2O3. The van der Waals surface area contributed by atoms with Gasteiger partial charge in [-0.05, 0) is 31.2 Å². The normalized spacial score (nSPS) is 10.2. The standard InChI is InChI=1S/C12H12N2O3/c1-8-6-13-11(17-8)7-14-12(16)9-2-4-10(15)5-3-9/h2-6,15H,7H2,1H3,(H,14,16). The smallest absolute Gasteiger partial charge is 0.251 e. The van der Waals surface area contributed by atoms with Gasteiger partial charge >= 0.3 is 0 Å². The summed E-state index contributed by atoms with van der Waals surface area (Å²) >= 11 is 0. The summed E-state index contributed by atoms with van der Waals surface area (Å²) in [7, 11) is 0. The Bertz CT molecular complexity index is 517. The van der Waals surface area contributed by atoms with Crippen LogP contribution < -0.4 is 5.32 Å². The molecule has 1 aromatic heterocycles. The molecule has 0 fully saturated rings. The molecule has 1 heterocycles. The SMILES string of the molecule is Cc1cnc(CNC(=O)c2ccc(O)cc2)o1. The molecule has 0 aliphatic carbocycles. The number of nitrogens with one attached hydrogen (secondary N) is 1. The summed E-state index contributed by atoms with van der Waals surface area (Å²) in [4.78, 5) is 15.6. The summed E-state index contributed by atoms with van der Waals surface area (Å²) in [5.74, 6) is 1.07.